The molecule has 0 spiro atoms. The van der Waals surface area contributed by atoms with Crippen LogP contribution in [-0.2, 0) is 24.4 Å². The zero-order valence-corrected chi connectivity index (χ0v) is 10.2. The summed E-state index contributed by atoms with van der Waals surface area (Å²) in [5.41, 5.74) is 6.29. The zero-order chi connectivity index (χ0) is 13.8. The zero-order valence-electron chi connectivity index (χ0n) is 10.2. The van der Waals surface area contributed by atoms with Crippen LogP contribution in [0.2, 0.25) is 0 Å². The number of aromatic nitrogens is 4. The topological polar surface area (TPSA) is 129 Å². The Morgan fingerprint density at radius 3 is 3.05 bits per heavy atom. The fraction of sp³-hybridized carbons (Fsp3) is 0.400. The van der Waals surface area contributed by atoms with Crippen LogP contribution in [0.1, 0.15) is 27.6 Å². The van der Waals surface area contributed by atoms with Crippen LogP contribution >= 0.6 is 0 Å². The minimum absolute atomic E-state index is 0.0252. The maximum absolute atomic E-state index is 10.9. The summed E-state index contributed by atoms with van der Waals surface area (Å²) in [5.74, 6) is -0.586. The van der Waals surface area contributed by atoms with Gasteiger partial charge in [0.05, 0.1) is 12.2 Å². The van der Waals surface area contributed by atoms with E-state index in [1.807, 2.05) is 0 Å². The summed E-state index contributed by atoms with van der Waals surface area (Å²) in [6, 6.07) is 1.70. The van der Waals surface area contributed by atoms with Crippen molar-refractivity contribution in [2.24, 2.45) is 5.73 Å². The molecule has 2 aromatic heterocycles. The maximum Gasteiger partial charge on any atom is 0.358 e. The van der Waals surface area contributed by atoms with Gasteiger partial charge < -0.3 is 20.1 Å². The monoisotopic (exact) mass is 267 g/mol. The van der Waals surface area contributed by atoms with Gasteiger partial charge in [-0.3, -0.25) is 0 Å². The van der Waals surface area contributed by atoms with Gasteiger partial charge in [-0.05, 0) is 0 Å². The molecule has 0 aromatic carbocycles. The van der Waals surface area contributed by atoms with Gasteiger partial charge in [0.2, 0.25) is 0 Å². The number of ether oxygens (including phenoxy) is 1. The molecule has 9 heteroatoms. The first-order chi connectivity index (χ1) is 9.15. The molecule has 3 N–H and O–H groups in total. The fourth-order valence-corrected chi connectivity index (χ4v) is 1.62. The third kappa shape index (κ3) is 2.77. The van der Waals surface area contributed by atoms with E-state index in [4.69, 9.17) is 20.1 Å². The lowest BCUT2D eigenvalue weighted by atomic mass is 10.3. The van der Waals surface area contributed by atoms with E-state index in [0.29, 0.717) is 23.8 Å². The lowest BCUT2D eigenvalue weighted by molar-refractivity contribution is 0.0689. The quantitative estimate of drug-likeness (QED) is 0.724. The molecule has 19 heavy (non-hydrogen) atoms. The van der Waals surface area contributed by atoms with Crippen LogP contribution in [0, 0.1) is 0 Å². The summed E-state index contributed by atoms with van der Waals surface area (Å²) in [7, 11) is 1.55. The van der Waals surface area contributed by atoms with Gasteiger partial charge in [-0.1, -0.05) is 10.4 Å². The van der Waals surface area contributed by atoms with E-state index >= 15 is 0 Å². The van der Waals surface area contributed by atoms with Crippen LogP contribution in [0.25, 0.3) is 0 Å². The van der Waals surface area contributed by atoms with E-state index in [1.165, 1.54) is 4.68 Å². The van der Waals surface area contributed by atoms with E-state index in [-0.39, 0.29) is 18.8 Å². The van der Waals surface area contributed by atoms with Crippen molar-refractivity contribution in [2.75, 3.05) is 7.11 Å². The van der Waals surface area contributed by atoms with Crippen LogP contribution in [0.15, 0.2) is 10.6 Å². The highest BCUT2D eigenvalue weighted by atomic mass is 16.5. The van der Waals surface area contributed by atoms with Crippen molar-refractivity contribution < 1.29 is 19.2 Å². The highest BCUT2D eigenvalue weighted by Gasteiger charge is 2.18. The van der Waals surface area contributed by atoms with E-state index in [2.05, 4.69) is 15.5 Å². The molecule has 0 saturated heterocycles. The predicted octanol–water partition coefficient (Wildman–Crippen LogP) is -0.382. The Hall–Kier alpha value is -2.26. The highest BCUT2D eigenvalue weighted by Crippen LogP contribution is 2.10. The molecular formula is C10H13N5O4. The van der Waals surface area contributed by atoms with Crippen LogP contribution < -0.4 is 5.73 Å². The van der Waals surface area contributed by atoms with Gasteiger partial charge in [0.25, 0.3) is 0 Å². The number of methoxy groups -OCH3 is 1. The Balaban J connectivity index is 2.20. The average molecular weight is 267 g/mol. The molecule has 0 radical (unpaired) electrons. The van der Waals surface area contributed by atoms with Crippen LogP contribution in [-0.4, -0.2) is 38.3 Å². The van der Waals surface area contributed by atoms with Crippen molar-refractivity contribution in [3.63, 3.8) is 0 Å². The summed E-state index contributed by atoms with van der Waals surface area (Å²) in [6.45, 7) is 0.575. The SMILES string of the molecule is COCc1cc(Cn2nnc(C(=O)O)c2CN)no1. The minimum Gasteiger partial charge on any atom is -0.476 e. The number of nitrogens with two attached hydrogens (primary N) is 1. The lowest BCUT2D eigenvalue weighted by Crippen LogP contribution is -2.13. The van der Waals surface area contributed by atoms with Crippen molar-refractivity contribution in [2.45, 2.75) is 19.7 Å². The van der Waals surface area contributed by atoms with Gasteiger partial charge in [-0.25, -0.2) is 9.48 Å². The van der Waals surface area contributed by atoms with Crippen molar-refractivity contribution in [1.82, 2.24) is 20.2 Å². The van der Waals surface area contributed by atoms with E-state index < -0.39 is 5.97 Å². The molecule has 0 unspecified atom stereocenters. The molecule has 9 nitrogen and oxygen atoms in total. The number of hydrogen-bond donors (Lipinski definition) is 2. The summed E-state index contributed by atoms with van der Waals surface area (Å²) < 4.78 is 11.3. The summed E-state index contributed by atoms with van der Waals surface area (Å²) in [5, 5.41) is 20.1. The van der Waals surface area contributed by atoms with Gasteiger partial charge in [0, 0.05) is 19.7 Å². The second kappa shape index (κ2) is 5.59. The van der Waals surface area contributed by atoms with E-state index in [0.717, 1.165) is 0 Å². The molecule has 0 atom stereocenters. The van der Waals surface area contributed by atoms with Crippen LogP contribution in [0.5, 0.6) is 0 Å². The number of rotatable bonds is 6. The summed E-state index contributed by atoms with van der Waals surface area (Å²) >= 11 is 0. The molecule has 102 valence electrons. The fourth-order valence-electron chi connectivity index (χ4n) is 1.62. The minimum atomic E-state index is -1.16. The largest absolute Gasteiger partial charge is 0.476 e. The number of nitrogens with zero attached hydrogens (tertiary/aromatic N) is 4. The first-order valence-electron chi connectivity index (χ1n) is 5.44. The average Bonchev–Trinajstić information content (AvgIpc) is 2.97. The third-order valence-electron chi connectivity index (χ3n) is 2.44. The van der Waals surface area contributed by atoms with Crippen molar-refractivity contribution >= 4 is 5.97 Å². The molecule has 2 rings (SSSR count). The van der Waals surface area contributed by atoms with Crippen molar-refractivity contribution in [1.29, 1.82) is 0 Å². The predicted molar refractivity (Wildman–Crippen MR) is 61.2 cm³/mol. The standard InChI is InChI=1S/C10H13N5O4/c1-18-5-7-2-6(13-19-7)4-15-8(3-11)9(10(16)17)12-14-15/h2H,3-5,11H2,1H3,(H,16,17). The number of carboxylic acids is 1. The first kappa shape index (κ1) is 13.2. The Bertz CT molecular complexity index is 576. The Kier molecular flexibility index (Phi) is 3.88. The molecule has 0 aliphatic carbocycles. The molecule has 0 aliphatic rings. The van der Waals surface area contributed by atoms with E-state index in [1.54, 1.807) is 13.2 Å². The smallest absolute Gasteiger partial charge is 0.358 e. The molecule has 0 aliphatic heterocycles. The van der Waals surface area contributed by atoms with Crippen molar-refractivity contribution in [3.8, 4) is 0 Å². The molecule has 0 fully saturated rings. The molecule has 0 amide bonds. The second-order valence-corrected chi connectivity index (χ2v) is 3.77. The van der Waals surface area contributed by atoms with Gasteiger partial charge in [0.15, 0.2) is 11.5 Å². The van der Waals surface area contributed by atoms with E-state index in [9.17, 15) is 4.79 Å². The molecule has 0 bridgehead atoms. The van der Waals surface area contributed by atoms with Gasteiger partial charge in [-0.2, -0.15) is 0 Å². The Labute approximate surface area is 107 Å². The van der Waals surface area contributed by atoms with Crippen LogP contribution in [0.4, 0.5) is 0 Å². The third-order valence-corrected chi connectivity index (χ3v) is 2.44. The van der Waals surface area contributed by atoms with Gasteiger partial charge >= 0.3 is 5.97 Å². The number of aromatic carboxylic acids is 1. The highest BCUT2D eigenvalue weighted by molar-refractivity contribution is 5.86. The Morgan fingerprint density at radius 2 is 2.42 bits per heavy atom. The maximum atomic E-state index is 10.9. The van der Waals surface area contributed by atoms with Crippen molar-refractivity contribution in [3.05, 3.63) is 28.9 Å². The summed E-state index contributed by atoms with van der Waals surface area (Å²) in [4.78, 5) is 10.9. The molecule has 0 saturated carbocycles. The van der Waals surface area contributed by atoms with Gasteiger partial charge in [0.1, 0.15) is 12.3 Å². The number of carboxylic acid groups (broad SMARTS) is 1. The van der Waals surface area contributed by atoms with Gasteiger partial charge in [-0.15, -0.1) is 5.10 Å². The Morgan fingerprint density at radius 1 is 1.63 bits per heavy atom. The first-order valence-corrected chi connectivity index (χ1v) is 5.44. The number of carbonyl (C=O) groups is 1. The molecule has 2 aromatic rings. The lowest BCUT2D eigenvalue weighted by Gasteiger charge is -2.01. The molecule has 2 heterocycles. The molecular weight excluding hydrogens is 254 g/mol. The second-order valence-electron chi connectivity index (χ2n) is 3.77. The normalized spacial score (nSPS) is 10.8. The number of hydrogen-bond acceptors (Lipinski definition) is 7. The van der Waals surface area contributed by atoms with Crippen LogP contribution in [0.3, 0.4) is 0 Å². The summed E-state index contributed by atoms with van der Waals surface area (Å²) in [6.07, 6.45) is 0.